The summed E-state index contributed by atoms with van der Waals surface area (Å²) in [6, 6.07) is 0. The Hall–Kier alpha value is 1.01. The zero-order valence-corrected chi connectivity index (χ0v) is 17.3. The number of carbonyl (C=O) groups excluding carboxylic acids is 2. The SMILES string of the molecule is CCOC(=O)CN.CCOC(=O)CN.O=[PH]([O-])[O-].[Na+].[Na+]. The van der Waals surface area contributed by atoms with E-state index >= 15 is 0 Å². The van der Waals surface area contributed by atoms with Crippen LogP contribution < -0.4 is 80.4 Å². The van der Waals surface area contributed by atoms with Crippen LogP contribution in [0, 0.1) is 0 Å². The van der Waals surface area contributed by atoms with Gasteiger partial charge in [-0.1, -0.05) is 8.25 Å². The van der Waals surface area contributed by atoms with E-state index < -0.39 is 8.25 Å². The van der Waals surface area contributed by atoms with Gasteiger partial charge in [-0.15, -0.1) is 0 Å². The standard InChI is InChI=1S/2C4H9NO2.2Na.H3O3P/c2*1-2-7-4(6)3-5;;;1-4(2)3/h2*2-3,5H2,1H3;;;4H,(H2,1,2,3)/q;;2*+1;/p-2. The third-order valence-electron chi connectivity index (χ3n) is 0.944. The Morgan fingerprint density at radius 2 is 1.15 bits per heavy atom. The van der Waals surface area contributed by atoms with Crippen LogP contribution in [0.3, 0.4) is 0 Å². The van der Waals surface area contributed by atoms with Crippen molar-refractivity contribution in [3.8, 4) is 0 Å². The Balaban J connectivity index is -0.0000000555. The monoisotopic (exact) mass is 332 g/mol. The summed E-state index contributed by atoms with van der Waals surface area (Å²) >= 11 is 0. The van der Waals surface area contributed by atoms with Crippen molar-refractivity contribution < 1.29 is 92.5 Å². The summed E-state index contributed by atoms with van der Waals surface area (Å²) in [5, 5.41) is 0. The molecule has 12 heteroatoms. The molecule has 0 saturated heterocycles. The van der Waals surface area contributed by atoms with Gasteiger partial charge < -0.3 is 35.3 Å². The first kappa shape index (κ1) is 32.8. The van der Waals surface area contributed by atoms with E-state index in [1.54, 1.807) is 13.8 Å². The summed E-state index contributed by atoms with van der Waals surface area (Å²) < 4.78 is 17.4. The molecule has 0 aromatic heterocycles. The van der Waals surface area contributed by atoms with Crippen molar-refractivity contribution in [1.82, 2.24) is 0 Å². The zero-order valence-electron chi connectivity index (χ0n) is 12.3. The predicted octanol–water partition coefficient (Wildman–Crippen LogP) is -8.88. The molecular formula is C8H19N2Na2O7P. The van der Waals surface area contributed by atoms with Crippen molar-refractivity contribution >= 4 is 20.2 Å². The minimum atomic E-state index is -3.63. The molecule has 0 bridgehead atoms. The van der Waals surface area contributed by atoms with Gasteiger partial charge in [0.05, 0.1) is 26.3 Å². The Kier molecular flexibility index (Phi) is 46.3. The maximum absolute atomic E-state index is 10.1. The quantitative estimate of drug-likeness (QED) is 0.288. The fourth-order valence-electron chi connectivity index (χ4n) is 0.440. The third kappa shape index (κ3) is 50.9. The molecule has 110 valence electrons. The van der Waals surface area contributed by atoms with E-state index in [2.05, 4.69) is 9.47 Å². The van der Waals surface area contributed by atoms with Crippen molar-refractivity contribution in [2.75, 3.05) is 26.3 Å². The first-order valence-electron chi connectivity index (χ1n) is 4.94. The van der Waals surface area contributed by atoms with Crippen molar-refractivity contribution in [3.05, 3.63) is 0 Å². The van der Waals surface area contributed by atoms with Gasteiger partial charge in [-0.3, -0.25) is 9.59 Å². The van der Waals surface area contributed by atoms with E-state index in [1.807, 2.05) is 0 Å². The molecular weight excluding hydrogens is 313 g/mol. The number of hydrogen-bond acceptors (Lipinski definition) is 9. The number of esters is 2. The number of hydrogen-bond donors (Lipinski definition) is 2. The van der Waals surface area contributed by atoms with Crippen molar-refractivity contribution in [3.63, 3.8) is 0 Å². The molecule has 0 unspecified atom stereocenters. The second kappa shape index (κ2) is 28.2. The molecule has 0 atom stereocenters. The molecule has 0 radical (unpaired) electrons. The molecule has 0 aliphatic heterocycles. The van der Waals surface area contributed by atoms with Gasteiger partial charge in [0.1, 0.15) is 0 Å². The molecule has 0 aromatic rings. The number of nitrogens with two attached hydrogens (primary N) is 2. The molecule has 0 aromatic carbocycles. The molecule has 20 heavy (non-hydrogen) atoms. The molecule has 9 nitrogen and oxygen atoms in total. The number of rotatable bonds is 4. The summed E-state index contributed by atoms with van der Waals surface area (Å²) in [6.45, 7) is 4.27. The zero-order chi connectivity index (χ0) is 15.0. The average molecular weight is 332 g/mol. The maximum atomic E-state index is 10.1. The Labute approximate surface area is 163 Å². The van der Waals surface area contributed by atoms with Crippen LogP contribution in [0.4, 0.5) is 0 Å². The molecule has 0 aliphatic carbocycles. The van der Waals surface area contributed by atoms with Gasteiger partial charge in [-0.2, -0.15) is 0 Å². The van der Waals surface area contributed by atoms with Crippen molar-refractivity contribution in [2.24, 2.45) is 11.5 Å². The fourth-order valence-corrected chi connectivity index (χ4v) is 0.440. The summed E-state index contributed by atoms with van der Waals surface area (Å²) in [5.41, 5.74) is 9.77. The fraction of sp³-hybridized carbons (Fsp3) is 0.750. The smallest absolute Gasteiger partial charge is 0.813 e. The second-order valence-electron chi connectivity index (χ2n) is 2.27. The van der Waals surface area contributed by atoms with E-state index in [1.165, 1.54) is 0 Å². The average Bonchev–Trinajstić information content (AvgIpc) is 2.29. The second-order valence-corrected chi connectivity index (χ2v) is 2.77. The summed E-state index contributed by atoms with van der Waals surface area (Å²) in [4.78, 5) is 37.2. The van der Waals surface area contributed by atoms with Gasteiger partial charge >= 0.3 is 71.1 Å². The Morgan fingerprint density at radius 1 is 0.950 bits per heavy atom. The summed E-state index contributed by atoms with van der Waals surface area (Å²) in [6.07, 6.45) is 0. The predicted molar refractivity (Wildman–Crippen MR) is 60.4 cm³/mol. The van der Waals surface area contributed by atoms with Gasteiger partial charge in [0.15, 0.2) is 0 Å². The van der Waals surface area contributed by atoms with Crippen LogP contribution in [0.15, 0.2) is 0 Å². The Bertz CT molecular complexity index is 225. The van der Waals surface area contributed by atoms with Gasteiger partial charge in [0.2, 0.25) is 0 Å². The Morgan fingerprint density at radius 3 is 1.20 bits per heavy atom. The third-order valence-corrected chi connectivity index (χ3v) is 0.944. The molecule has 0 aliphatic rings. The van der Waals surface area contributed by atoms with E-state index in [9.17, 15) is 9.59 Å². The largest absolute Gasteiger partial charge is 1.00 e. The van der Waals surface area contributed by atoms with E-state index in [4.69, 9.17) is 25.8 Å². The van der Waals surface area contributed by atoms with Gasteiger partial charge in [0.25, 0.3) is 0 Å². The van der Waals surface area contributed by atoms with Gasteiger partial charge in [-0.05, 0) is 13.8 Å². The van der Waals surface area contributed by atoms with Crippen molar-refractivity contribution in [2.45, 2.75) is 13.8 Å². The first-order valence-corrected chi connectivity index (χ1v) is 6.17. The first-order chi connectivity index (χ1) is 8.35. The van der Waals surface area contributed by atoms with E-state index in [-0.39, 0.29) is 84.1 Å². The van der Waals surface area contributed by atoms with Crippen molar-refractivity contribution in [1.29, 1.82) is 0 Å². The summed E-state index contributed by atoms with van der Waals surface area (Å²) in [7, 11) is -3.63. The normalized spacial score (nSPS) is 7.55. The molecule has 0 fully saturated rings. The molecule has 0 saturated carbocycles. The topological polar surface area (TPSA) is 168 Å². The van der Waals surface area contributed by atoms with Crippen LogP contribution in [-0.4, -0.2) is 38.2 Å². The van der Waals surface area contributed by atoms with Gasteiger partial charge in [-0.25, -0.2) is 0 Å². The number of carbonyl (C=O) groups is 2. The molecule has 0 heterocycles. The van der Waals surface area contributed by atoms with Crippen LogP contribution in [0.1, 0.15) is 13.8 Å². The molecule has 4 N–H and O–H groups in total. The summed E-state index contributed by atoms with van der Waals surface area (Å²) in [5.74, 6) is -0.690. The molecule has 0 amide bonds. The van der Waals surface area contributed by atoms with Crippen LogP contribution in [0.2, 0.25) is 0 Å². The van der Waals surface area contributed by atoms with Gasteiger partial charge in [0, 0.05) is 0 Å². The maximum Gasteiger partial charge on any atom is 1.00 e. The van der Waals surface area contributed by atoms with Crippen LogP contribution in [0.5, 0.6) is 0 Å². The van der Waals surface area contributed by atoms with Crippen LogP contribution in [-0.2, 0) is 23.6 Å². The van der Waals surface area contributed by atoms with E-state index in [0.717, 1.165) is 0 Å². The minimum Gasteiger partial charge on any atom is -0.813 e. The minimum absolute atomic E-state index is 0. The van der Waals surface area contributed by atoms with E-state index in [0.29, 0.717) is 13.2 Å². The molecule has 0 spiro atoms. The van der Waals surface area contributed by atoms with Crippen LogP contribution >= 0.6 is 8.25 Å². The van der Waals surface area contributed by atoms with Crippen LogP contribution in [0.25, 0.3) is 0 Å². The molecule has 0 rings (SSSR count). The number of ether oxygens (including phenoxy) is 2.